The number of allylic oxidation sites excluding steroid dienone is 1. The van der Waals surface area contributed by atoms with E-state index in [-0.39, 0.29) is 0 Å². The predicted octanol–water partition coefficient (Wildman–Crippen LogP) is 9.44. The molecular weight excluding hydrogens is 463 g/mol. The van der Waals surface area contributed by atoms with Crippen LogP contribution in [-0.4, -0.2) is 33.3 Å². The van der Waals surface area contributed by atoms with Crippen LogP contribution >= 0.6 is 0 Å². The van der Waals surface area contributed by atoms with Gasteiger partial charge in [-0.1, -0.05) is 0 Å². The maximum absolute atomic E-state index is 6.49. The summed E-state index contributed by atoms with van der Waals surface area (Å²) in [6.07, 6.45) is 11.1. The van der Waals surface area contributed by atoms with Crippen molar-refractivity contribution in [3.8, 4) is 0 Å². The van der Waals surface area contributed by atoms with Gasteiger partial charge in [-0.2, -0.15) is 0 Å². The van der Waals surface area contributed by atoms with Gasteiger partial charge < -0.3 is 0 Å². The van der Waals surface area contributed by atoms with Gasteiger partial charge in [0.05, 0.1) is 0 Å². The minimum atomic E-state index is -2.05. The molecule has 0 amide bonds. The van der Waals surface area contributed by atoms with Gasteiger partial charge in [-0.15, -0.1) is 0 Å². The van der Waals surface area contributed by atoms with Gasteiger partial charge in [0.15, 0.2) is 0 Å². The van der Waals surface area contributed by atoms with Gasteiger partial charge in [-0.25, -0.2) is 0 Å². The summed E-state index contributed by atoms with van der Waals surface area (Å²) in [6.45, 7) is 24.6. The summed E-state index contributed by atoms with van der Waals surface area (Å²) in [4.78, 5) is 0. The first-order chi connectivity index (χ1) is 12.9. The summed E-state index contributed by atoms with van der Waals surface area (Å²) < 4.78 is 12.8. The molecule has 0 fully saturated rings. The van der Waals surface area contributed by atoms with Gasteiger partial charge in [-0.05, 0) is 0 Å². The molecule has 0 aliphatic heterocycles. The summed E-state index contributed by atoms with van der Waals surface area (Å²) in [7, 11) is -1.63. The van der Waals surface area contributed by atoms with Crippen LogP contribution in [0.2, 0.25) is 35.9 Å². The Morgan fingerprint density at radius 2 is 1.36 bits per heavy atom. The zero-order valence-corrected chi connectivity index (χ0v) is 25.2. The van der Waals surface area contributed by atoms with Crippen molar-refractivity contribution >= 4 is 26.7 Å². The summed E-state index contributed by atoms with van der Waals surface area (Å²) in [5.74, 6) is 0.543. The average Bonchev–Trinajstić information content (AvgIpc) is 2.60. The van der Waals surface area contributed by atoms with E-state index in [1.54, 1.807) is 18.9 Å². The molecule has 0 heterocycles. The Morgan fingerprint density at radius 1 is 0.929 bits per heavy atom. The molecule has 0 spiro atoms. The van der Waals surface area contributed by atoms with Crippen molar-refractivity contribution < 1.29 is 4.43 Å². The molecule has 0 aliphatic carbocycles. The standard InChI is InChI=1S/C13H27OSi.3C4H9.Sn/c1-11(2)9-12(3)10-14-15(7,8)13(4,5)6;3*1-3-4-2;/h9,12H,1,10H2,2-8H3;3*1,3-4H2,2H3;/b11-9-;;;;/t12-;;;;/m1..../s1. The topological polar surface area (TPSA) is 9.23 Å². The van der Waals surface area contributed by atoms with Crippen molar-refractivity contribution in [3.05, 3.63) is 11.6 Å². The number of rotatable bonds is 15. The van der Waals surface area contributed by atoms with E-state index in [4.69, 9.17) is 4.43 Å². The van der Waals surface area contributed by atoms with Crippen molar-refractivity contribution in [2.75, 3.05) is 6.61 Å². The van der Waals surface area contributed by atoms with Gasteiger partial charge in [0.25, 0.3) is 0 Å². The fourth-order valence-electron chi connectivity index (χ4n) is 4.04. The van der Waals surface area contributed by atoms with E-state index >= 15 is 0 Å². The predicted molar refractivity (Wildman–Crippen MR) is 136 cm³/mol. The van der Waals surface area contributed by atoms with Crippen LogP contribution < -0.4 is 0 Å². The Hall–Kier alpha value is 0.716. The van der Waals surface area contributed by atoms with Gasteiger partial charge in [-0.3, -0.25) is 0 Å². The summed E-state index contributed by atoms with van der Waals surface area (Å²) in [5.41, 5.74) is 1.69. The second-order valence-electron chi connectivity index (χ2n) is 11.0. The van der Waals surface area contributed by atoms with Crippen LogP contribution in [0.5, 0.6) is 0 Å². The molecule has 0 aliphatic rings. The quantitative estimate of drug-likeness (QED) is 0.155. The fraction of sp³-hybridized carbons (Fsp3) is 0.920. The third-order valence-electron chi connectivity index (χ3n) is 6.92. The fourth-order valence-corrected chi connectivity index (χ4v) is 22.0. The molecular formula is C25H54OSiSn. The third kappa shape index (κ3) is 11.2. The van der Waals surface area contributed by atoms with Gasteiger partial charge in [0.1, 0.15) is 0 Å². The normalized spacial score (nSPS) is 15.1. The second-order valence-corrected chi connectivity index (χ2v) is 29.7. The zero-order chi connectivity index (χ0) is 21.8. The number of hydrogen-bond donors (Lipinski definition) is 0. The zero-order valence-electron chi connectivity index (χ0n) is 21.3. The summed E-state index contributed by atoms with van der Waals surface area (Å²) in [6, 6.07) is 0. The van der Waals surface area contributed by atoms with E-state index in [0.29, 0.717) is 11.0 Å². The van der Waals surface area contributed by atoms with Crippen LogP contribution in [0.25, 0.3) is 0 Å². The number of unbranched alkanes of at least 4 members (excludes halogenated alkanes) is 3. The van der Waals surface area contributed by atoms with Crippen LogP contribution in [0.4, 0.5) is 0 Å². The van der Waals surface area contributed by atoms with E-state index in [9.17, 15) is 0 Å². The Labute approximate surface area is 184 Å². The molecule has 0 radical (unpaired) electrons. The Balaban J connectivity index is 5.11. The number of hydrogen-bond acceptors (Lipinski definition) is 1. The first kappa shape index (κ1) is 28.7. The monoisotopic (exact) mass is 518 g/mol. The molecule has 168 valence electrons. The van der Waals surface area contributed by atoms with E-state index in [0.717, 1.165) is 6.61 Å². The van der Waals surface area contributed by atoms with Gasteiger partial charge >= 0.3 is 185 Å². The molecule has 0 bridgehead atoms. The van der Waals surface area contributed by atoms with Gasteiger partial charge in [0.2, 0.25) is 0 Å². The van der Waals surface area contributed by atoms with E-state index in [1.807, 2.05) is 0 Å². The van der Waals surface area contributed by atoms with Crippen LogP contribution in [0.15, 0.2) is 11.6 Å². The first-order valence-corrected chi connectivity index (χ1v) is 23.2. The van der Waals surface area contributed by atoms with Crippen molar-refractivity contribution in [3.63, 3.8) is 0 Å². The molecule has 0 unspecified atom stereocenters. The molecule has 0 aromatic rings. The molecule has 0 rings (SSSR count). The van der Waals surface area contributed by atoms with Crippen molar-refractivity contribution in [1.82, 2.24) is 0 Å². The molecule has 1 nitrogen and oxygen atoms in total. The third-order valence-corrected chi connectivity index (χ3v) is 27.3. The molecule has 0 aromatic carbocycles. The van der Waals surface area contributed by atoms with Crippen molar-refractivity contribution in [2.24, 2.45) is 5.92 Å². The van der Waals surface area contributed by atoms with E-state index in [2.05, 4.69) is 74.6 Å². The van der Waals surface area contributed by atoms with E-state index in [1.165, 1.54) is 43.0 Å². The van der Waals surface area contributed by atoms with Gasteiger partial charge in [0, 0.05) is 0 Å². The Morgan fingerprint density at radius 3 is 1.71 bits per heavy atom. The van der Waals surface area contributed by atoms with Crippen LogP contribution in [0.1, 0.15) is 93.9 Å². The SMILES string of the molecule is CCC[CH2][Sn]([CH2]CCC)([CH2]CCC)[CH2]/C(C)=C/[C@@H](C)CO[Si](C)(C)C(C)(C)C. The molecule has 0 saturated heterocycles. The average molecular weight is 518 g/mol. The molecule has 0 N–H and O–H groups in total. The van der Waals surface area contributed by atoms with Crippen molar-refractivity contribution in [2.45, 2.75) is 130 Å². The van der Waals surface area contributed by atoms with Crippen LogP contribution in [0, 0.1) is 5.92 Å². The van der Waals surface area contributed by atoms with Crippen molar-refractivity contribution in [1.29, 1.82) is 0 Å². The molecule has 0 saturated carbocycles. The molecule has 0 aromatic heterocycles. The Bertz CT molecular complexity index is 415. The summed E-state index contributed by atoms with van der Waals surface area (Å²) >= 11 is -2.05. The Kier molecular flexibility index (Phi) is 14.3. The molecule has 28 heavy (non-hydrogen) atoms. The molecule has 3 heteroatoms. The maximum atomic E-state index is 6.49. The second kappa shape index (κ2) is 13.9. The van der Waals surface area contributed by atoms with Crippen LogP contribution in [-0.2, 0) is 4.43 Å². The minimum absolute atomic E-state index is 0.303. The van der Waals surface area contributed by atoms with Crippen LogP contribution in [0.3, 0.4) is 0 Å². The molecule has 1 atom stereocenters. The first-order valence-electron chi connectivity index (χ1n) is 12.2. The van der Waals surface area contributed by atoms with E-state index < -0.39 is 26.7 Å². The summed E-state index contributed by atoms with van der Waals surface area (Å²) in [5, 5.41) is 0.303.